The Bertz CT molecular complexity index is 548. The van der Waals surface area contributed by atoms with Gasteiger partial charge in [0.2, 0.25) is 0 Å². The van der Waals surface area contributed by atoms with Gasteiger partial charge in [-0.05, 0) is 38.1 Å². The predicted octanol–water partition coefficient (Wildman–Crippen LogP) is 2.97. The van der Waals surface area contributed by atoms with Crippen molar-refractivity contribution in [1.82, 2.24) is 4.98 Å². The highest BCUT2D eigenvalue weighted by Crippen LogP contribution is 2.25. The van der Waals surface area contributed by atoms with Gasteiger partial charge in [-0.2, -0.15) is 0 Å². The van der Waals surface area contributed by atoms with Gasteiger partial charge in [-0.25, -0.2) is 9.78 Å². The van der Waals surface area contributed by atoms with Gasteiger partial charge in [0.15, 0.2) is 6.10 Å². The van der Waals surface area contributed by atoms with E-state index in [2.05, 4.69) is 4.98 Å². The van der Waals surface area contributed by atoms with Crippen LogP contribution in [0, 0.1) is 6.92 Å². The number of rotatable bonds is 4. The standard InChI is InChI=1S/C13H13NO3S/c1-8-7-18-12(14-8)10-3-5-11(6-4-10)17-9(2)13(15)16/h3-7,9H,1-2H3,(H,15,16)/t9-/m1/s1. The van der Waals surface area contributed by atoms with Crippen LogP contribution in [0.15, 0.2) is 29.6 Å². The first-order valence-electron chi connectivity index (χ1n) is 5.48. The Balaban J connectivity index is 2.13. The largest absolute Gasteiger partial charge is 0.479 e. The summed E-state index contributed by atoms with van der Waals surface area (Å²) in [6.07, 6.45) is -0.849. The van der Waals surface area contributed by atoms with Crippen molar-refractivity contribution in [2.45, 2.75) is 20.0 Å². The number of hydrogen-bond donors (Lipinski definition) is 1. The van der Waals surface area contributed by atoms with Crippen molar-refractivity contribution in [2.75, 3.05) is 0 Å². The molecular formula is C13H13NO3S. The average Bonchev–Trinajstić information content (AvgIpc) is 2.76. The van der Waals surface area contributed by atoms with Gasteiger partial charge in [0.1, 0.15) is 10.8 Å². The van der Waals surface area contributed by atoms with Crippen molar-refractivity contribution in [1.29, 1.82) is 0 Å². The van der Waals surface area contributed by atoms with Crippen LogP contribution in [-0.4, -0.2) is 22.2 Å². The van der Waals surface area contributed by atoms with E-state index in [0.29, 0.717) is 5.75 Å². The van der Waals surface area contributed by atoms with Crippen molar-refractivity contribution < 1.29 is 14.6 Å². The zero-order valence-electron chi connectivity index (χ0n) is 10.1. The SMILES string of the molecule is Cc1csc(-c2ccc(O[C@H](C)C(=O)O)cc2)n1. The molecule has 5 heteroatoms. The molecule has 0 aliphatic rings. The van der Waals surface area contributed by atoms with Gasteiger partial charge in [-0.1, -0.05) is 0 Å². The lowest BCUT2D eigenvalue weighted by Crippen LogP contribution is -2.22. The van der Waals surface area contributed by atoms with Gasteiger partial charge < -0.3 is 9.84 Å². The molecule has 1 N–H and O–H groups in total. The van der Waals surface area contributed by atoms with E-state index in [1.54, 1.807) is 23.5 Å². The van der Waals surface area contributed by atoms with Crippen molar-refractivity contribution >= 4 is 17.3 Å². The van der Waals surface area contributed by atoms with Crippen molar-refractivity contribution in [3.05, 3.63) is 35.3 Å². The molecule has 94 valence electrons. The number of carbonyl (C=O) groups is 1. The maximum Gasteiger partial charge on any atom is 0.344 e. The van der Waals surface area contributed by atoms with E-state index < -0.39 is 12.1 Å². The summed E-state index contributed by atoms with van der Waals surface area (Å²) in [6.45, 7) is 3.45. The summed E-state index contributed by atoms with van der Waals surface area (Å²) in [4.78, 5) is 15.0. The molecule has 2 rings (SSSR count). The maximum atomic E-state index is 10.7. The number of thiazole rings is 1. The zero-order valence-corrected chi connectivity index (χ0v) is 10.9. The van der Waals surface area contributed by atoms with Gasteiger partial charge in [0, 0.05) is 16.6 Å². The molecule has 0 bridgehead atoms. The summed E-state index contributed by atoms with van der Waals surface area (Å²) in [7, 11) is 0. The molecule has 0 aliphatic heterocycles. The number of aromatic nitrogens is 1. The predicted molar refractivity (Wildman–Crippen MR) is 70.0 cm³/mol. The third-order valence-electron chi connectivity index (χ3n) is 2.38. The molecule has 0 unspecified atom stereocenters. The minimum absolute atomic E-state index is 0.543. The Morgan fingerprint density at radius 1 is 1.39 bits per heavy atom. The van der Waals surface area contributed by atoms with Crippen LogP contribution in [0.3, 0.4) is 0 Å². The van der Waals surface area contributed by atoms with Crippen LogP contribution < -0.4 is 4.74 Å². The Kier molecular flexibility index (Phi) is 3.62. The number of aliphatic carboxylic acids is 1. The molecule has 0 aliphatic carbocycles. The molecule has 1 aromatic carbocycles. The number of carboxylic acids is 1. The van der Waals surface area contributed by atoms with Gasteiger partial charge in [-0.3, -0.25) is 0 Å². The van der Waals surface area contributed by atoms with Crippen LogP contribution in [0.1, 0.15) is 12.6 Å². The number of benzene rings is 1. The van der Waals surface area contributed by atoms with Crippen molar-refractivity contribution in [3.8, 4) is 16.3 Å². The number of hydrogen-bond acceptors (Lipinski definition) is 4. The first-order valence-corrected chi connectivity index (χ1v) is 6.36. The van der Waals surface area contributed by atoms with Gasteiger partial charge in [0.25, 0.3) is 0 Å². The van der Waals surface area contributed by atoms with E-state index >= 15 is 0 Å². The normalized spacial score (nSPS) is 12.1. The topological polar surface area (TPSA) is 59.4 Å². The number of aryl methyl sites for hydroxylation is 1. The maximum absolute atomic E-state index is 10.7. The van der Waals surface area contributed by atoms with E-state index in [-0.39, 0.29) is 0 Å². The monoisotopic (exact) mass is 263 g/mol. The second-order valence-corrected chi connectivity index (χ2v) is 4.77. The summed E-state index contributed by atoms with van der Waals surface area (Å²) in [5, 5.41) is 11.7. The first kappa shape index (κ1) is 12.6. The minimum atomic E-state index is -0.977. The van der Waals surface area contributed by atoms with Crippen molar-refractivity contribution in [2.24, 2.45) is 0 Å². The van der Waals surface area contributed by atoms with E-state index in [1.807, 2.05) is 24.4 Å². The fraction of sp³-hybridized carbons (Fsp3) is 0.231. The summed E-state index contributed by atoms with van der Waals surface area (Å²) >= 11 is 1.58. The Labute approximate surface area is 109 Å². The molecular weight excluding hydrogens is 250 g/mol. The molecule has 0 fully saturated rings. The summed E-state index contributed by atoms with van der Waals surface area (Å²) in [5.41, 5.74) is 2.00. The van der Waals surface area contributed by atoms with Crippen LogP contribution >= 0.6 is 11.3 Å². The van der Waals surface area contributed by atoms with Crippen LogP contribution in [0.5, 0.6) is 5.75 Å². The van der Waals surface area contributed by atoms with Gasteiger partial charge in [0.05, 0.1) is 0 Å². The highest BCUT2D eigenvalue weighted by atomic mass is 32.1. The third kappa shape index (κ3) is 2.87. The van der Waals surface area contributed by atoms with Crippen LogP contribution in [-0.2, 0) is 4.79 Å². The Hall–Kier alpha value is -1.88. The summed E-state index contributed by atoms with van der Waals surface area (Å²) < 4.78 is 5.26. The van der Waals surface area contributed by atoms with Crippen LogP contribution in [0.2, 0.25) is 0 Å². The van der Waals surface area contributed by atoms with E-state index in [4.69, 9.17) is 9.84 Å². The Morgan fingerprint density at radius 2 is 2.06 bits per heavy atom. The Morgan fingerprint density at radius 3 is 2.56 bits per heavy atom. The lowest BCUT2D eigenvalue weighted by Gasteiger charge is -2.10. The van der Waals surface area contributed by atoms with Gasteiger partial charge >= 0.3 is 5.97 Å². The fourth-order valence-corrected chi connectivity index (χ4v) is 2.22. The molecule has 0 saturated carbocycles. The molecule has 0 saturated heterocycles. The lowest BCUT2D eigenvalue weighted by atomic mass is 10.2. The highest BCUT2D eigenvalue weighted by Gasteiger charge is 2.12. The van der Waals surface area contributed by atoms with E-state index in [0.717, 1.165) is 16.3 Å². The smallest absolute Gasteiger partial charge is 0.344 e. The van der Waals surface area contributed by atoms with E-state index in [9.17, 15) is 4.79 Å². The van der Waals surface area contributed by atoms with E-state index in [1.165, 1.54) is 6.92 Å². The molecule has 2 aromatic rings. The van der Waals surface area contributed by atoms with Crippen LogP contribution in [0.25, 0.3) is 10.6 Å². The molecule has 0 spiro atoms. The fourth-order valence-electron chi connectivity index (χ4n) is 1.42. The van der Waals surface area contributed by atoms with Crippen LogP contribution in [0.4, 0.5) is 0 Å². The molecule has 0 radical (unpaired) electrons. The second-order valence-electron chi connectivity index (χ2n) is 3.92. The molecule has 18 heavy (non-hydrogen) atoms. The second kappa shape index (κ2) is 5.18. The summed E-state index contributed by atoms with van der Waals surface area (Å²) in [5.74, 6) is -0.434. The molecule has 1 heterocycles. The molecule has 0 amide bonds. The molecule has 4 nitrogen and oxygen atoms in total. The molecule has 1 aromatic heterocycles. The number of ether oxygens (including phenoxy) is 1. The highest BCUT2D eigenvalue weighted by molar-refractivity contribution is 7.13. The first-order chi connectivity index (χ1) is 8.56. The number of nitrogens with zero attached hydrogens (tertiary/aromatic N) is 1. The molecule has 1 atom stereocenters. The lowest BCUT2D eigenvalue weighted by molar-refractivity contribution is -0.144. The third-order valence-corrected chi connectivity index (χ3v) is 3.39. The minimum Gasteiger partial charge on any atom is -0.479 e. The van der Waals surface area contributed by atoms with Crippen molar-refractivity contribution in [3.63, 3.8) is 0 Å². The zero-order chi connectivity index (χ0) is 13.1. The quantitative estimate of drug-likeness (QED) is 0.921. The number of carboxylic acid groups (broad SMARTS) is 1. The average molecular weight is 263 g/mol. The summed E-state index contributed by atoms with van der Waals surface area (Å²) in [6, 6.07) is 7.27. The van der Waals surface area contributed by atoms with Gasteiger partial charge in [-0.15, -0.1) is 11.3 Å².